The molecule has 7 nitrogen and oxygen atoms in total. The highest BCUT2D eigenvalue weighted by atomic mass is 16.5. The van der Waals surface area contributed by atoms with Crippen LogP contribution in [0.2, 0.25) is 0 Å². The monoisotopic (exact) mass is 440 g/mol. The summed E-state index contributed by atoms with van der Waals surface area (Å²) in [6.07, 6.45) is 0.726. The van der Waals surface area contributed by atoms with Gasteiger partial charge in [-0.1, -0.05) is 26.0 Å². The molecule has 0 saturated heterocycles. The third-order valence-corrected chi connectivity index (χ3v) is 5.77. The first-order valence-electron chi connectivity index (χ1n) is 11.2. The second-order valence-corrected chi connectivity index (χ2v) is 7.79. The van der Waals surface area contributed by atoms with Crippen LogP contribution in [0.3, 0.4) is 0 Å². The zero-order chi connectivity index (χ0) is 23.3. The minimum Gasteiger partial charge on any atom is -0.503 e. The second kappa shape index (κ2) is 10.5. The Morgan fingerprint density at radius 1 is 1.19 bits per heavy atom. The van der Waals surface area contributed by atoms with Gasteiger partial charge in [0.25, 0.3) is 5.91 Å². The number of hydrogen-bond acceptors (Lipinski definition) is 6. The SMILES string of the molecule is CCOc1cccc(C2C(C(=O)c3ccc(C)o3)=C(O)C(=O)N2CCCN(CC)CC)c1. The molecular weight excluding hydrogens is 408 g/mol. The van der Waals surface area contributed by atoms with Crippen LogP contribution in [0.4, 0.5) is 0 Å². The minimum absolute atomic E-state index is 0.0424. The number of aliphatic hydroxyl groups is 1. The lowest BCUT2D eigenvalue weighted by molar-refractivity contribution is -0.129. The highest BCUT2D eigenvalue weighted by Crippen LogP contribution is 2.40. The van der Waals surface area contributed by atoms with Gasteiger partial charge in [0, 0.05) is 6.54 Å². The van der Waals surface area contributed by atoms with Crippen LogP contribution in [0.25, 0.3) is 0 Å². The first kappa shape index (κ1) is 23.6. The standard InChI is InChI=1S/C25H32N2O5/c1-5-26(6-2)14-9-15-27-22(18-10-8-11-19(16-18)31-7-3)21(24(29)25(27)30)23(28)20-13-12-17(4)32-20/h8,10-13,16,22,29H,5-7,9,14-15H2,1-4H3. The molecule has 2 heterocycles. The quantitative estimate of drug-likeness (QED) is 0.525. The van der Waals surface area contributed by atoms with Crippen molar-refractivity contribution in [2.45, 2.75) is 40.2 Å². The van der Waals surface area contributed by atoms with E-state index in [-0.39, 0.29) is 11.3 Å². The number of nitrogens with zero attached hydrogens (tertiary/aromatic N) is 2. The highest BCUT2D eigenvalue weighted by Gasteiger charge is 2.44. The Labute approximate surface area is 189 Å². The number of benzene rings is 1. The van der Waals surface area contributed by atoms with Crippen molar-refractivity contribution in [3.05, 3.63) is 64.8 Å². The summed E-state index contributed by atoms with van der Waals surface area (Å²) in [5.41, 5.74) is 0.753. The first-order valence-corrected chi connectivity index (χ1v) is 11.2. The zero-order valence-corrected chi connectivity index (χ0v) is 19.3. The summed E-state index contributed by atoms with van der Waals surface area (Å²) in [7, 11) is 0. The van der Waals surface area contributed by atoms with Gasteiger partial charge in [0.1, 0.15) is 11.5 Å². The maximum atomic E-state index is 13.3. The molecule has 0 saturated carbocycles. The second-order valence-electron chi connectivity index (χ2n) is 7.79. The van der Waals surface area contributed by atoms with Crippen LogP contribution >= 0.6 is 0 Å². The lowest BCUT2D eigenvalue weighted by Gasteiger charge is -2.28. The molecule has 1 amide bonds. The maximum Gasteiger partial charge on any atom is 0.290 e. The number of ketones is 1. The van der Waals surface area contributed by atoms with Crippen molar-refractivity contribution in [1.29, 1.82) is 0 Å². The fourth-order valence-corrected chi connectivity index (χ4v) is 4.10. The van der Waals surface area contributed by atoms with E-state index in [0.717, 1.165) is 26.1 Å². The Bertz CT molecular complexity index is 990. The fraction of sp³-hybridized carbons (Fsp3) is 0.440. The Kier molecular flexibility index (Phi) is 7.75. The molecule has 0 aliphatic carbocycles. The lowest BCUT2D eigenvalue weighted by atomic mass is 9.95. The Balaban J connectivity index is 1.97. The number of aliphatic hydroxyl groups excluding tert-OH is 1. The number of hydrogen-bond donors (Lipinski definition) is 1. The van der Waals surface area contributed by atoms with Crippen molar-refractivity contribution in [3.63, 3.8) is 0 Å². The predicted molar refractivity (Wildman–Crippen MR) is 122 cm³/mol. The highest BCUT2D eigenvalue weighted by molar-refractivity contribution is 6.15. The molecule has 0 spiro atoms. The molecule has 3 rings (SSSR count). The summed E-state index contributed by atoms with van der Waals surface area (Å²) in [4.78, 5) is 30.2. The van der Waals surface area contributed by atoms with Gasteiger partial charge >= 0.3 is 0 Å². The summed E-state index contributed by atoms with van der Waals surface area (Å²) in [6, 6.07) is 9.86. The van der Waals surface area contributed by atoms with E-state index in [1.807, 2.05) is 31.2 Å². The van der Waals surface area contributed by atoms with Gasteiger partial charge in [0.05, 0.1) is 18.2 Å². The van der Waals surface area contributed by atoms with Crippen LogP contribution in [0, 0.1) is 6.92 Å². The zero-order valence-electron chi connectivity index (χ0n) is 19.3. The van der Waals surface area contributed by atoms with Gasteiger partial charge in [-0.25, -0.2) is 0 Å². The van der Waals surface area contributed by atoms with Crippen molar-refractivity contribution in [2.24, 2.45) is 0 Å². The molecule has 172 valence electrons. The molecule has 0 radical (unpaired) electrons. The van der Waals surface area contributed by atoms with Crippen molar-refractivity contribution in [3.8, 4) is 5.75 Å². The minimum atomic E-state index is -0.711. The van der Waals surface area contributed by atoms with E-state index in [2.05, 4.69) is 18.7 Å². The summed E-state index contributed by atoms with van der Waals surface area (Å²) in [6.45, 7) is 11.4. The molecule has 0 bridgehead atoms. The lowest BCUT2D eigenvalue weighted by Crippen LogP contribution is -2.34. The van der Waals surface area contributed by atoms with Crippen LogP contribution in [-0.4, -0.2) is 59.4 Å². The fourth-order valence-electron chi connectivity index (χ4n) is 4.10. The number of ether oxygens (including phenoxy) is 1. The van der Waals surface area contributed by atoms with Crippen LogP contribution in [0.1, 0.15) is 55.1 Å². The predicted octanol–water partition coefficient (Wildman–Crippen LogP) is 4.30. The van der Waals surface area contributed by atoms with Gasteiger partial charge < -0.3 is 24.1 Å². The van der Waals surface area contributed by atoms with Crippen LogP contribution in [-0.2, 0) is 4.79 Å². The first-order chi connectivity index (χ1) is 15.4. The molecule has 1 unspecified atom stereocenters. The van der Waals surface area contributed by atoms with E-state index >= 15 is 0 Å². The summed E-state index contributed by atoms with van der Waals surface area (Å²) < 4.78 is 11.1. The topological polar surface area (TPSA) is 83.2 Å². The number of rotatable bonds is 11. The van der Waals surface area contributed by atoms with Crippen molar-refractivity contribution >= 4 is 11.7 Å². The van der Waals surface area contributed by atoms with Crippen LogP contribution < -0.4 is 4.74 Å². The molecule has 7 heteroatoms. The van der Waals surface area contributed by atoms with Gasteiger partial charge in [-0.05, 0) is 69.7 Å². The largest absolute Gasteiger partial charge is 0.503 e. The Morgan fingerprint density at radius 2 is 1.94 bits per heavy atom. The number of furan rings is 1. The van der Waals surface area contributed by atoms with Gasteiger partial charge in [-0.15, -0.1) is 0 Å². The summed E-state index contributed by atoms with van der Waals surface area (Å²) >= 11 is 0. The molecule has 32 heavy (non-hydrogen) atoms. The van der Waals surface area contributed by atoms with Crippen molar-refractivity contribution < 1.29 is 23.8 Å². The van der Waals surface area contributed by atoms with Gasteiger partial charge in [0.15, 0.2) is 11.5 Å². The Hall–Kier alpha value is -3.06. The van der Waals surface area contributed by atoms with Crippen molar-refractivity contribution in [1.82, 2.24) is 9.80 Å². The van der Waals surface area contributed by atoms with E-state index in [1.54, 1.807) is 24.0 Å². The van der Waals surface area contributed by atoms with E-state index < -0.39 is 23.5 Å². The molecule has 0 fully saturated rings. The molecule has 1 aromatic carbocycles. The average molecular weight is 441 g/mol. The maximum absolute atomic E-state index is 13.3. The molecule has 2 aromatic rings. The van der Waals surface area contributed by atoms with Gasteiger partial charge in [-0.3, -0.25) is 9.59 Å². The summed E-state index contributed by atoms with van der Waals surface area (Å²) in [5.74, 6) is -0.201. The molecule has 1 aromatic heterocycles. The Morgan fingerprint density at radius 3 is 2.56 bits per heavy atom. The number of carbonyl (C=O) groups excluding carboxylic acids is 2. The van der Waals surface area contributed by atoms with E-state index in [4.69, 9.17) is 9.15 Å². The third kappa shape index (κ3) is 4.88. The van der Waals surface area contributed by atoms with E-state index in [1.165, 1.54) is 0 Å². The molecule has 1 aliphatic heterocycles. The van der Waals surface area contributed by atoms with Crippen molar-refractivity contribution in [2.75, 3.05) is 32.8 Å². The average Bonchev–Trinajstić information content (AvgIpc) is 3.33. The summed E-state index contributed by atoms with van der Waals surface area (Å²) in [5, 5.41) is 10.8. The third-order valence-electron chi connectivity index (χ3n) is 5.77. The van der Waals surface area contributed by atoms with E-state index in [9.17, 15) is 14.7 Å². The normalized spacial score (nSPS) is 16.3. The van der Waals surface area contributed by atoms with Gasteiger partial charge in [0.2, 0.25) is 5.78 Å². The smallest absolute Gasteiger partial charge is 0.290 e. The number of aryl methyl sites for hydroxylation is 1. The van der Waals surface area contributed by atoms with Gasteiger partial charge in [-0.2, -0.15) is 0 Å². The molecule has 1 atom stereocenters. The van der Waals surface area contributed by atoms with Crippen LogP contribution in [0.5, 0.6) is 5.75 Å². The molecule has 1 N–H and O–H groups in total. The number of amides is 1. The van der Waals surface area contributed by atoms with E-state index in [0.29, 0.717) is 30.2 Å². The number of carbonyl (C=O) groups is 2. The number of Topliss-reactive ketones (excluding diaryl/α,β-unsaturated/α-hetero) is 1. The van der Waals surface area contributed by atoms with Crippen LogP contribution in [0.15, 0.2) is 52.1 Å². The molecule has 1 aliphatic rings. The molecular formula is C25H32N2O5.